The summed E-state index contributed by atoms with van der Waals surface area (Å²) in [6, 6.07) is 0. The molecular formula is C28H56O3. The summed E-state index contributed by atoms with van der Waals surface area (Å²) in [6.45, 7) is 2.49. The van der Waals surface area contributed by atoms with Crippen LogP contribution >= 0.6 is 0 Å². The summed E-state index contributed by atoms with van der Waals surface area (Å²) >= 11 is 0. The molecule has 0 aromatic rings. The topological polar surface area (TPSA) is 57.5 Å². The Labute approximate surface area is 194 Å². The van der Waals surface area contributed by atoms with Crippen LogP contribution in [0.4, 0.5) is 0 Å². The molecule has 0 fully saturated rings. The molecule has 1 unspecified atom stereocenters. The van der Waals surface area contributed by atoms with Gasteiger partial charge in [0.25, 0.3) is 0 Å². The maximum Gasteiger partial charge on any atom is 0.303 e. The number of carboxylic acid groups (broad SMARTS) is 1. The lowest BCUT2D eigenvalue weighted by molar-refractivity contribution is -0.137. The third-order valence-corrected chi connectivity index (χ3v) is 6.65. The number of aliphatic carboxylic acids is 1. The zero-order chi connectivity index (χ0) is 22.8. The van der Waals surface area contributed by atoms with Crippen molar-refractivity contribution in [2.75, 3.05) is 6.61 Å². The van der Waals surface area contributed by atoms with E-state index >= 15 is 0 Å². The molecule has 0 rings (SSSR count). The van der Waals surface area contributed by atoms with E-state index in [-0.39, 0.29) is 0 Å². The molecule has 0 aromatic heterocycles. The van der Waals surface area contributed by atoms with Gasteiger partial charge in [0.1, 0.15) is 0 Å². The molecule has 0 amide bonds. The molecule has 0 radical (unpaired) electrons. The summed E-state index contributed by atoms with van der Waals surface area (Å²) in [6.07, 6.45) is 31.1. The fraction of sp³-hybridized carbons (Fsp3) is 0.964. The minimum atomic E-state index is -0.654. The van der Waals surface area contributed by atoms with Crippen LogP contribution < -0.4 is 0 Å². The molecule has 0 spiro atoms. The molecule has 0 saturated carbocycles. The van der Waals surface area contributed by atoms with E-state index in [1.54, 1.807) is 0 Å². The Hall–Kier alpha value is -0.570. The molecule has 186 valence electrons. The maximum atomic E-state index is 10.4. The minimum absolute atomic E-state index is 0.341. The average molecular weight is 441 g/mol. The van der Waals surface area contributed by atoms with E-state index in [0.717, 1.165) is 12.8 Å². The van der Waals surface area contributed by atoms with Crippen LogP contribution in [0.5, 0.6) is 0 Å². The third kappa shape index (κ3) is 27.4. The highest BCUT2D eigenvalue weighted by Gasteiger charge is 2.00. The van der Waals surface area contributed by atoms with Gasteiger partial charge < -0.3 is 10.2 Å². The van der Waals surface area contributed by atoms with Crippen molar-refractivity contribution in [2.45, 2.75) is 161 Å². The number of carboxylic acids is 1. The number of rotatable bonds is 26. The first-order valence-corrected chi connectivity index (χ1v) is 14.0. The Morgan fingerprint density at radius 2 is 0.774 bits per heavy atom. The van der Waals surface area contributed by atoms with Crippen molar-refractivity contribution in [3.63, 3.8) is 0 Å². The maximum absolute atomic E-state index is 10.4. The second kappa shape index (κ2) is 25.7. The number of carbonyl (C=O) groups is 1. The smallest absolute Gasteiger partial charge is 0.303 e. The standard InChI is InChI=1S/C28H56O3/c1-27(26-29)24-22-20-18-16-14-12-10-8-6-4-2-3-5-7-9-11-13-15-17-19-21-23-25-28(30)31/h27,29H,2-26H2,1H3,(H,30,31). The molecule has 0 aliphatic rings. The summed E-state index contributed by atoms with van der Waals surface area (Å²) in [5.41, 5.74) is 0. The van der Waals surface area contributed by atoms with Crippen molar-refractivity contribution in [1.29, 1.82) is 0 Å². The van der Waals surface area contributed by atoms with Crippen LogP contribution in [-0.4, -0.2) is 22.8 Å². The predicted molar refractivity (Wildman–Crippen MR) is 135 cm³/mol. The van der Waals surface area contributed by atoms with Crippen LogP contribution in [0.25, 0.3) is 0 Å². The Kier molecular flexibility index (Phi) is 25.2. The molecule has 1 atom stereocenters. The van der Waals surface area contributed by atoms with Crippen molar-refractivity contribution in [3.8, 4) is 0 Å². The molecule has 0 saturated heterocycles. The molecule has 0 heterocycles. The van der Waals surface area contributed by atoms with Gasteiger partial charge in [-0.15, -0.1) is 0 Å². The third-order valence-electron chi connectivity index (χ3n) is 6.65. The zero-order valence-electron chi connectivity index (χ0n) is 21.1. The molecule has 0 bridgehead atoms. The van der Waals surface area contributed by atoms with E-state index in [4.69, 9.17) is 10.2 Å². The largest absolute Gasteiger partial charge is 0.481 e. The van der Waals surface area contributed by atoms with E-state index < -0.39 is 5.97 Å². The number of unbranched alkanes of at least 4 members (excludes halogenated alkanes) is 21. The van der Waals surface area contributed by atoms with Crippen LogP contribution in [0.2, 0.25) is 0 Å². The van der Waals surface area contributed by atoms with E-state index in [0.29, 0.717) is 18.9 Å². The predicted octanol–water partition coefficient (Wildman–Crippen LogP) is 9.06. The highest BCUT2D eigenvalue weighted by molar-refractivity contribution is 5.66. The van der Waals surface area contributed by atoms with Crippen LogP contribution in [0.3, 0.4) is 0 Å². The van der Waals surface area contributed by atoms with E-state index in [1.807, 2.05) is 0 Å². The minimum Gasteiger partial charge on any atom is -0.481 e. The van der Waals surface area contributed by atoms with Crippen molar-refractivity contribution in [3.05, 3.63) is 0 Å². The second-order valence-corrected chi connectivity index (χ2v) is 10.00. The number of hydrogen-bond acceptors (Lipinski definition) is 2. The summed E-state index contributed by atoms with van der Waals surface area (Å²) in [7, 11) is 0. The van der Waals surface area contributed by atoms with E-state index in [9.17, 15) is 4.79 Å². The van der Waals surface area contributed by atoms with Crippen molar-refractivity contribution in [1.82, 2.24) is 0 Å². The monoisotopic (exact) mass is 440 g/mol. The number of aliphatic hydroxyl groups excluding tert-OH is 1. The Bertz CT molecular complexity index is 356. The SMILES string of the molecule is CC(CO)CCCCCCCCCCCCCCCCCCCCCCCCC(=O)O. The quantitative estimate of drug-likeness (QED) is 0.132. The first-order valence-electron chi connectivity index (χ1n) is 14.0. The molecule has 3 nitrogen and oxygen atoms in total. The van der Waals surface area contributed by atoms with Crippen LogP contribution in [0.15, 0.2) is 0 Å². The Morgan fingerprint density at radius 3 is 1.03 bits per heavy atom. The van der Waals surface area contributed by atoms with Gasteiger partial charge in [0, 0.05) is 13.0 Å². The second-order valence-electron chi connectivity index (χ2n) is 10.00. The van der Waals surface area contributed by atoms with E-state index in [2.05, 4.69) is 6.92 Å². The van der Waals surface area contributed by atoms with Crippen LogP contribution in [-0.2, 0) is 4.79 Å². The molecule has 0 aliphatic carbocycles. The summed E-state index contributed by atoms with van der Waals surface area (Å²) in [5, 5.41) is 17.6. The average Bonchev–Trinajstić information content (AvgIpc) is 2.76. The van der Waals surface area contributed by atoms with Gasteiger partial charge in [-0.2, -0.15) is 0 Å². The zero-order valence-corrected chi connectivity index (χ0v) is 21.1. The lowest BCUT2D eigenvalue weighted by Gasteiger charge is -2.07. The Balaban J connectivity index is 3.03. The highest BCUT2D eigenvalue weighted by atomic mass is 16.4. The van der Waals surface area contributed by atoms with Gasteiger partial charge in [-0.1, -0.05) is 142 Å². The molecule has 31 heavy (non-hydrogen) atoms. The highest BCUT2D eigenvalue weighted by Crippen LogP contribution is 2.16. The van der Waals surface area contributed by atoms with Gasteiger partial charge in [-0.3, -0.25) is 4.79 Å². The van der Waals surface area contributed by atoms with Gasteiger partial charge in [0.2, 0.25) is 0 Å². The fourth-order valence-corrected chi connectivity index (χ4v) is 4.40. The van der Waals surface area contributed by atoms with Gasteiger partial charge in [-0.25, -0.2) is 0 Å². The van der Waals surface area contributed by atoms with Gasteiger partial charge >= 0.3 is 5.97 Å². The van der Waals surface area contributed by atoms with Crippen LogP contribution in [0, 0.1) is 5.92 Å². The molecule has 0 aromatic carbocycles. The molecule has 2 N–H and O–H groups in total. The first kappa shape index (κ1) is 30.4. The van der Waals surface area contributed by atoms with Gasteiger partial charge in [0.15, 0.2) is 0 Å². The van der Waals surface area contributed by atoms with Gasteiger partial charge in [-0.05, 0) is 18.8 Å². The molecule has 0 aliphatic heterocycles. The van der Waals surface area contributed by atoms with Gasteiger partial charge in [0.05, 0.1) is 0 Å². The summed E-state index contributed by atoms with van der Waals surface area (Å²) in [4.78, 5) is 10.4. The summed E-state index contributed by atoms with van der Waals surface area (Å²) < 4.78 is 0. The Morgan fingerprint density at radius 1 is 0.516 bits per heavy atom. The van der Waals surface area contributed by atoms with Crippen molar-refractivity contribution in [2.24, 2.45) is 5.92 Å². The van der Waals surface area contributed by atoms with Crippen molar-refractivity contribution >= 4 is 5.97 Å². The number of aliphatic hydroxyl groups is 1. The molecule has 3 heteroatoms. The summed E-state index contributed by atoms with van der Waals surface area (Å²) in [5.74, 6) is -0.163. The molecular weight excluding hydrogens is 384 g/mol. The lowest BCUT2D eigenvalue weighted by Crippen LogP contribution is -1.99. The lowest BCUT2D eigenvalue weighted by atomic mass is 10.0. The van der Waals surface area contributed by atoms with Crippen molar-refractivity contribution < 1.29 is 15.0 Å². The normalized spacial score (nSPS) is 12.3. The fourth-order valence-electron chi connectivity index (χ4n) is 4.40. The van der Waals surface area contributed by atoms with E-state index in [1.165, 1.54) is 135 Å². The van der Waals surface area contributed by atoms with Crippen LogP contribution in [0.1, 0.15) is 161 Å². The number of hydrogen-bond donors (Lipinski definition) is 2. The first-order chi connectivity index (χ1) is 15.2.